The van der Waals surface area contributed by atoms with Gasteiger partial charge in [-0.25, -0.2) is 19.2 Å². The van der Waals surface area contributed by atoms with Gasteiger partial charge in [0.2, 0.25) is 5.95 Å². The monoisotopic (exact) mass is 318 g/mol. The van der Waals surface area contributed by atoms with Gasteiger partial charge < -0.3 is 14.9 Å². The number of fused-ring (bicyclic) bond motifs is 1. The van der Waals surface area contributed by atoms with E-state index in [1.807, 2.05) is 18.7 Å². The van der Waals surface area contributed by atoms with Gasteiger partial charge in [0, 0.05) is 37.3 Å². The van der Waals surface area contributed by atoms with Crippen molar-refractivity contribution in [3.05, 3.63) is 30.2 Å². The van der Waals surface area contributed by atoms with Crippen LogP contribution in [0.25, 0.3) is 10.9 Å². The first-order valence-corrected chi connectivity index (χ1v) is 7.62. The van der Waals surface area contributed by atoms with E-state index in [0.717, 1.165) is 0 Å². The molecule has 2 atom stereocenters. The van der Waals surface area contributed by atoms with Gasteiger partial charge in [0.05, 0.1) is 5.52 Å². The van der Waals surface area contributed by atoms with Crippen molar-refractivity contribution < 1.29 is 14.3 Å². The molecule has 0 aliphatic carbocycles. The summed E-state index contributed by atoms with van der Waals surface area (Å²) in [5.74, 6) is 0.389. The maximum Gasteiger partial charge on any atom is 0.407 e. The summed E-state index contributed by atoms with van der Waals surface area (Å²) in [7, 11) is 0. The van der Waals surface area contributed by atoms with E-state index in [1.54, 1.807) is 12.3 Å². The molecule has 0 spiro atoms. The fourth-order valence-electron chi connectivity index (χ4n) is 2.93. The van der Waals surface area contributed by atoms with Crippen LogP contribution in [-0.4, -0.2) is 51.7 Å². The van der Waals surface area contributed by atoms with Gasteiger partial charge in [-0.15, -0.1) is 0 Å². The Balaban J connectivity index is 1.89. The predicted octanol–water partition coefficient (Wildman–Crippen LogP) is 2.59. The van der Waals surface area contributed by atoms with Gasteiger partial charge in [-0.05, 0) is 31.0 Å². The second-order valence-electron chi connectivity index (χ2n) is 6.01. The molecule has 0 saturated carbocycles. The van der Waals surface area contributed by atoms with Gasteiger partial charge in [0.1, 0.15) is 5.82 Å². The number of rotatable bonds is 1. The van der Waals surface area contributed by atoms with Gasteiger partial charge >= 0.3 is 6.09 Å². The van der Waals surface area contributed by atoms with Crippen molar-refractivity contribution in [2.45, 2.75) is 19.9 Å². The van der Waals surface area contributed by atoms with Crippen molar-refractivity contribution in [2.24, 2.45) is 5.92 Å². The second kappa shape index (κ2) is 5.98. The Morgan fingerprint density at radius 1 is 1.35 bits per heavy atom. The molecule has 1 aliphatic heterocycles. The summed E-state index contributed by atoms with van der Waals surface area (Å²) in [6, 6.07) is 4.34. The van der Waals surface area contributed by atoms with E-state index in [1.165, 1.54) is 17.0 Å². The molecule has 2 aromatic rings. The van der Waals surface area contributed by atoms with E-state index in [9.17, 15) is 14.3 Å². The lowest BCUT2D eigenvalue weighted by molar-refractivity contribution is 0.121. The first-order valence-electron chi connectivity index (χ1n) is 7.62. The minimum atomic E-state index is -0.902. The Labute approximate surface area is 133 Å². The largest absolute Gasteiger partial charge is 0.465 e. The molecule has 0 radical (unpaired) electrons. The summed E-state index contributed by atoms with van der Waals surface area (Å²) in [5.41, 5.74) is 0.677. The minimum absolute atomic E-state index is 0.0629. The maximum atomic E-state index is 13.2. The van der Waals surface area contributed by atoms with Crippen LogP contribution in [0.15, 0.2) is 24.4 Å². The van der Waals surface area contributed by atoms with E-state index in [0.29, 0.717) is 36.5 Å². The highest BCUT2D eigenvalue weighted by Gasteiger charge is 2.30. The number of halogens is 1. The molecular formula is C16H19FN4O2. The van der Waals surface area contributed by atoms with Crippen LogP contribution in [0.3, 0.4) is 0 Å². The third-order valence-electron chi connectivity index (χ3n) is 4.49. The molecule has 1 N–H and O–H groups in total. The fraction of sp³-hybridized carbons (Fsp3) is 0.438. The number of amides is 1. The van der Waals surface area contributed by atoms with E-state index in [-0.39, 0.29) is 17.8 Å². The summed E-state index contributed by atoms with van der Waals surface area (Å²) < 4.78 is 13.2. The molecule has 122 valence electrons. The summed E-state index contributed by atoms with van der Waals surface area (Å²) in [6.07, 6.45) is 0.704. The zero-order valence-corrected chi connectivity index (χ0v) is 13.1. The Bertz CT molecular complexity index is 739. The summed E-state index contributed by atoms with van der Waals surface area (Å²) >= 11 is 0. The summed E-state index contributed by atoms with van der Waals surface area (Å²) in [4.78, 5) is 23.6. The molecule has 1 amide bonds. The van der Waals surface area contributed by atoms with Crippen molar-refractivity contribution in [3.8, 4) is 0 Å². The van der Waals surface area contributed by atoms with Crippen LogP contribution < -0.4 is 4.90 Å². The number of nitrogens with zero attached hydrogens (tertiary/aromatic N) is 4. The highest BCUT2D eigenvalue weighted by molar-refractivity contribution is 5.78. The van der Waals surface area contributed by atoms with Crippen molar-refractivity contribution in [3.63, 3.8) is 0 Å². The first-order chi connectivity index (χ1) is 11.0. The Kier molecular flexibility index (Phi) is 4.02. The maximum absolute atomic E-state index is 13.2. The highest BCUT2D eigenvalue weighted by atomic mass is 19.1. The average molecular weight is 318 g/mol. The van der Waals surface area contributed by atoms with E-state index < -0.39 is 6.09 Å². The number of anilines is 1. The third-order valence-corrected chi connectivity index (χ3v) is 4.49. The SMILES string of the molecule is CC1CN(c2ncc3cc(F)ccc3n2)CCN(C(=O)O)C1C. The third kappa shape index (κ3) is 3.04. The molecule has 6 nitrogen and oxygen atoms in total. The molecule has 2 heterocycles. The number of aromatic nitrogens is 2. The van der Waals surface area contributed by atoms with Crippen LogP contribution in [0.5, 0.6) is 0 Å². The Hall–Kier alpha value is -2.44. The molecule has 1 aliphatic rings. The lowest BCUT2D eigenvalue weighted by Crippen LogP contribution is -2.41. The van der Waals surface area contributed by atoms with Gasteiger partial charge in [-0.2, -0.15) is 0 Å². The number of carboxylic acid groups (broad SMARTS) is 1. The van der Waals surface area contributed by atoms with Gasteiger partial charge in [0.15, 0.2) is 0 Å². The number of hydrogen-bond acceptors (Lipinski definition) is 4. The van der Waals surface area contributed by atoms with E-state index in [4.69, 9.17) is 0 Å². The molecule has 0 bridgehead atoms. The lowest BCUT2D eigenvalue weighted by atomic mass is 10.0. The number of benzene rings is 1. The molecule has 2 unspecified atom stereocenters. The van der Waals surface area contributed by atoms with E-state index in [2.05, 4.69) is 9.97 Å². The predicted molar refractivity (Wildman–Crippen MR) is 85.1 cm³/mol. The summed E-state index contributed by atoms with van der Waals surface area (Å²) in [5, 5.41) is 9.97. The molecule has 7 heteroatoms. The van der Waals surface area contributed by atoms with Crippen molar-refractivity contribution in [1.29, 1.82) is 0 Å². The van der Waals surface area contributed by atoms with Crippen LogP contribution in [-0.2, 0) is 0 Å². The van der Waals surface area contributed by atoms with Crippen LogP contribution in [0.4, 0.5) is 15.1 Å². The zero-order chi connectivity index (χ0) is 16.6. The van der Waals surface area contributed by atoms with Crippen LogP contribution in [0.2, 0.25) is 0 Å². The van der Waals surface area contributed by atoms with Crippen LogP contribution in [0, 0.1) is 11.7 Å². The molecular weight excluding hydrogens is 299 g/mol. The standard InChI is InChI=1S/C16H19FN4O2/c1-10-9-20(5-6-21(11(10)2)16(22)23)15-18-8-12-7-13(17)3-4-14(12)19-15/h3-4,7-8,10-11H,5-6,9H2,1-2H3,(H,22,23). The Morgan fingerprint density at radius 2 is 2.13 bits per heavy atom. The number of hydrogen-bond donors (Lipinski definition) is 1. The van der Waals surface area contributed by atoms with Crippen molar-refractivity contribution >= 4 is 22.9 Å². The number of carbonyl (C=O) groups is 1. The van der Waals surface area contributed by atoms with Crippen LogP contribution >= 0.6 is 0 Å². The summed E-state index contributed by atoms with van der Waals surface area (Å²) in [6.45, 7) is 5.57. The zero-order valence-electron chi connectivity index (χ0n) is 13.1. The normalized spacial score (nSPS) is 22.2. The van der Waals surface area contributed by atoms with Gasteiger partial charge in [0.25, 0.3) is 0 Å². The molecule has 1 fully saturated rings. The minimum Gasteiger partial charge on any atom is -0.465 e. The van der Waals surface area contributed by atoms with Gasteiger partial charge in [-0.3, -0.25) is 0 Å². The highest BCUT2D eigenvalue weighted by Crippen LogP contribution is 2.22. The molecule has 3 rings (SSSR count). The molecule has 1 saturated heterocycles. The topological polar surface area (TPSA) is 69.6 Å². The average Bonchev–Trinajstić information content (AvgIpc) is 2.66. The molecule has 1 aromatic carbocycles. The smallest absolute Gasteiger partial charge is 0.407 e. The van der Waals surface area contributed by atoms with Crippen LogP contribution in [0.1, 0.15) is 13.8 Å². The fourth-order valence-corrected chi connectivity index (χ4v) is 2.93. The van der Waals surface area contributed by atoms with Gasteiger partial charge in [-0.1, -0.05) is 6.92 Å². The molecule has 23 heavy (non-hydrogen) atoms. The van der Waals surface area contributed by atoms with Crippen molar-refractivity contribution in [1.82, 2.24) is 14.9 Å². The second-order valence-corrected chi connectivity index (χ2v) is 6.01. The molecule has 1 aromatic heterocycles. The lowest BCUT2D eigenvalue weighted by Gasteiger charge is -2.27. The Morgan fingerprint density at radius 3 is 2.87 bits per heavy atom. The van der Waals surface area contributed by atoms with E-state index >= 15 is 0 Å². The quantitative estimate of drug-likeness (QED) is 0.875. The first kappa shape index (κ1) is 15.5. The van der Waals surface area contributed by atoms with Crippen molar-refractivity contribution in [2.75, 3.05) is 24.5 Å².